The molecule has 1 fully saturated rings. The molecule has 0 spiro atoms. The van der Waals surface area contributed by atoms with Gasteiger partial charge in [-0.1, -0.05) is 35.5 Å². The van der Waals surface area contributed by atoms with Crippen LogP contribution in [0.25, 0.3) is 0 Å². The molecule has 1 aromatic carbocycles. The summed E-state index contributed by atoms with van der Waals surface area (Å²) in [6.07, 6.45) is 2.02. The summed E-state index contributed by atoms with van der Waals surface area (Å²) >= 11 is 0. The Hall–Kier alpha value is -3.29. The molecule has 0 saturated carbocycles. The fourth-order valence-electron chi connectivity index (χ4n) is 2.71. The van der Waals surface area contributed by atoms with Gasteiger partial charge in [0, 0.05) is 0 Å². The monoisotopic (exact) mass is 341 g/mol. The first-order chi connectivity index (χ1) is 12.2. The summed E-state index contributed by atoms with van der Waals surface area (Å²) in [6.45, 7) is 0.148. The molecule has 0 radical (unpaired) electrons. The van der Waals surface area contributed by atoms with Crippen molar-refractivity contribution in [1.29, 1.82) is 0 Å². The molecule has 0 bridgehead atoms. The number of aldehydes is 1. The fraction of sp³-hybridized carbons (Fsp3) is 0.235. The molecule has 0 aliphatic carbocycles. The van der Waals surface area contributed by atoms with Crippen molar-refractivity contribution in [3.8, 4) is 0 Å². The van der Waals surface area contributed by atoms with Gasteiger partial charge in [0.25, 0.3) is 5.91 Å². The van der Waals surface area contributed by atoms with Crippen LogP contribution in [0.3, 0.4) is 0 Å². The van der Waals surface area contributed by atoms with Gasteiger partial charge in [0.2, 0.25) is 5.91 Å². The molecule has 2 aromatic rings. The van der Waals surface area contributed by atoms with E-state index in [1.54, 1.807) is 42.5 Å². The summed E-state index contributed by atoms with van der Waals surface area (Å²) in [5, 5.41) is 5.35. The van der Waals surface area contributed by atoms with Gasteiger partial charge in [-0.15, -0.1) is 4.91 Å². The maximum atomic E-state index is 12.2. The second-order valence-corrected chi connectivity index (χ2v) is 5.57. The van der Waals surface area contributed by atoms with Crippen LogP contribution in [0.15, 0.2) is 58.3 Å². The van der Waals surface area contributed by atoms with E-state index >= 15 is 0 Å². The minimum Gasteiger partial charge on any atom is -0.467 e. The highest BCUT2D eigenvalue weighted by Crippen LogP contribution is 2.26. The molecule has 3 atom stereocenters. The van der Waals surface area contributed by atoms with Crippen LogP contribution < -0.4 is 5.32 Å². The Kier molecular flexibility index (Phi) is 4.69. The van der Waals surface area contributed by atoms with Crippen molar-refractivity contribution in [2.45, 2.75) is 18.1 Å². The van der Waals surface area contributed by atoms with Crippen LogP contribution in [0.2, 0.25) is 0 Å². The van der Waals surface area contributed by atoms with E-state index in [0.717, 1.165) is 0 Å². The fourth-order valence-corrected chi connectivity index (χ4v) is 2.71. The molecule has 128 valence electrons. The molecule has 1 aliphatic heterocycles. The number of benzene rings is 1. The largest absolute Gasteiger partial charge is 0.467 e. The molecule has 1 saturated heterocycles. The highest BCUT2D eigenvalue weighted by atomic mass is 16.3. The van der Waals surface area contributed by atoms with E-state index in [1.807, 2.05) is 0 Å². The molecule has 2 heterocycles. The predicted molar refractivity (Wildman–Crippen MR) is 86.1 cm³/mol. The van der Waals surface area contributed by atoms with E-state index < -0.39 is 29.9 Å². The summed E-state index contributed by atoms with van der Waals surface area (Å²) in [7, 11) is 0. The number of hydrogen-bond acceptors (Lipinski definition) is 6. The molecular weight excluding hydrogens is 326 g/mol. The van der Waals surface area contributed by atoms with Crippen LogP contribution in [-0.4, -0.2) is 35.6 Å². The SMILES string of the molecule is O=CC(c1ccco1)N1CC(NC(=O)C(N=O)c2ccccc2)C1=O. The standard InChI is InChI=1S/C17H15N3O5/c21-10-13(14-7-4-8-25-14)20-9-12(17(20)23)18-16(22)15(19-24)11-5-2-1-3-6-11/h1-8,10,12-13,15H,9H2,(H,18,22). The predicted octanol–water partition coefficient (Wildman–Crippen LogP) is 1.35. The lowest BCUT2D eigenvalue weighted by Gasteiger charge is -2.41. The zero-order valence-electron chi connectivity index (χ0n) is 13.1. The van der Waals surface area contributed by atoms with Gasteiger partial charge < -0.3 is 19.4 Å². The van der Waals surface area contributed by atoms with Crippen LogP contribution in [0.1, 0.15) is 23.4 Å². The number of carbonyl (C=O) groups excluding carboxylic acids is 3. The van der Waals surface area contributed by atoms with E-state index in [4.69, 9.17) is 4.42 Å². The van der Waals surface area contributed by atoms with Gasteiger partial charge in [-0.25, -0.2) is 0 Å². The summed E-state index contributed by atoms with van der Waals surface area (Å²) in [5.41, 5.74) is 0.444. The maximum absolute atomic E-state index is 12.2. The molecule has 1 aliphatic rings. The van der Waals surface area contributed by atoms with Crippen molar-refractivity contribution >= 4 is 18.1 Å². The van der Waals surface area contributed by atoms with Gasteiger partial charge in [-0.05, 0) is 17.7 Å². The van der Waals surface area contributed by atoms with Crippen molar-refractivity contribution in [3.63, 3.8) is 0 Å². The quantitative estimate of drug-likeness (QED) is 0.464. The average Bonchev–Trinajstić information content (AvgIpc) is 3.16. The first-order valence-corrected chi connectivity index (χ1v) is 7.62. The van der Waals surface area contributed by atoms with Crippen molar-refractivity contribution in [2.75, 3.05) is 6.54 Å². The highest BCUT2D eigenvalue weighted by molar-refractivity contribution is 5.95. The topological polar surface area (TPSA) is 109 Å². The number of nitrogens with one attached hydrogen (secondary N) is 1. The van der Waals surface area contributed by atoms with E-state index in [-0.39, 0.29) is 6.54 Å². The van der Waals surface area contributed by atoms with Gasteiger partial charge in [-0.2, -0.15) is 0 Å². The van der Waals surface area contributed by atoms with Crippen molar-refractivity contribution in [3.05, 3.63) is 65.0 Å². The molecule has 3 unspecified atom stereocenters. The third kappa shape index (κ3) is 3.18. The third-order valence-corrected chi connectivity index (χ3v) is 4.05. The van der Waals surface area contributed by atoms with E-state index in [2.05, 4.69) is 10.5 Å². The summed E-state index contributed by atoms with van der Waals surface area (Å²) < 4.78 is 5.15. The Bertz CT molecular complexity index is 775. The number of likely N-dealkylation sites (tertiary alicyclic amines) is 1. The molecule has 3 rings (SSSR count). The minimum absolute atomic E-state index is 0.148. The summed E-state index contributed by atoms with van der Waals surface area (Å²) in [5.74, 6) is -0.718. The van der Waals surface area contributed by atoms with E-state index in [0.29, 0.717) is 17.6 Å². The van der Waals surface area contributed by atoms with Crippen LogP contribution >= 0.6 is 0 Å². The van der Waals surface area contributed by atoms with Crippen molar-refractivity contribution < 1.29 is 18.8 Å². The second kappa shape index (κ2) is 7.08. The summed E-state index contributed by atoms with van der Waals surface area (Å²) in [4.78, 5) is 48.1. The van der Waals surface area contributed by atoms with Gasteiger partial charge >= 0.3 is 0 Å². The third-order valence-electron chi connectivity index (χ3n) is 4.05. The molecule has 2 amide bonds. The Morgan fingerprint density at radius 3 is 2.60 bits per heavy atom. The number of rotatable bonds is 7. The zero-order valence-corrected chi connectivity index (χ0v) is 13.1. The van der Waals surface area contributed by atoms with E-state index in [1.165, 1.54) is 11.2 Å². The number of β-lactam (4-membered cyclic amide) rings is 1. The maximum Gasteiger partial charge on any atom is 0.253 e. The van der Waals surface area contributed by atoms with Crippen LogP contribution in [0.4, 0.5) is 0 Å². The first kappa shape index (κ1) is 16.6. The Labute approximate surface area is 142 Å². The van der Waals surface area contributed by atoms with Gasteiger partial charge in [0.15, 0.2) is 6.04 Å². The summed E-state index contributed by atoms with van der Waals surface area (Å²) in [6, 6.07) is 8.72. The van der Waals surface area contributed by atoms with Gasteiger partial charge in [-0.3, -0.25) is 9.59 Å². The number of amides is 2. The number of nitrogens with zero attached hydrogens (tertiary/aromatic N) is 2. The number of hydrogen-bond donors (Lipinski definition) is 1. The molecule has 25 heavy (non-hydrogen) atoms. The average molecular weight is 341 g/mol. The normalized spacial score (nSPS) is 18.8. The number of nitroso groups, excluding NO2 is 1. The van der Waals surface area contributed by atoms with Crippen molar-refractivity contribution in [1.82, 2.24) is 10.2 Å². The van der Waals surface area contributed by atoms with Crippen molar-refractivity contribution in [2.24, 2.45) is 5.18 Å². The zero-order chi connectivity index (χ0) is 17.8. The molecule has 1 N–H and O–H groups in total. The molecule has 1 aromatic heterocycles. The molecule has 8 nitrogen and oxygen atoms in total. The number of furan rings is 1. The molecular formula is C17H15N3O5. The first-order valence-electron chi connectivity index (χ1n) is 7.62. The van der Waals surface area contributed by atoms with Crippen LogP contribution in [-0.2, 0) is 14.4 Å². The molecule has 8 heteroatoms. The van der Waals surface area contributed by atoms with Gasteiger partial charge in [0.05, 0.1) is 12.8 Å². The lowest BCUT2D eigenvalue weighted by molar-refractivity contribution is -0.152. The second-order valence-electron chi connectivity index (χ2n) is 5.57. The van der Waals surface area contributed by atoms with Crippen LogP contribution in [0, 0.1) is 4.91 Å². The van der Waals surface area contributed by atoms with E-state index in [9.17, 15) is 19.3 Å². The van der Waals surface area contributed by atoms with Crippen LogP contribution in [0.5, 0.6) is 0 Å². The van der Waals surface area contributed by atoms with Gasteiger partial charge in [0.1, 0.15) is 24.1 Å². The minimum atomic E-state index is -1.23. The Morgan fingerprint density at radius 2 is 2.04 bits per heavy atom. The number of carbonyl (C=O) groups is 3. The lowest BCUT2D eigenvalue weighted by Crippen LogP contribution is -2.65. The lowest BCUT2D eigenvalue weighted by atomic mass is 10.0. The highest BCUT2D eigenvalue weighted by Gasteiger charge is 2.43. The Balaban J connectivity index is 1.63. The smallest absolute Gasteiger partial charge is 0.253 e. The Morgan fingerprint density at radius 1 is 1.28 bits per heavy atom.